The molecule has 150 valence electrons. The van der Waals surface area contributed by atoms with Crippen LogP contribution in [0.5, 0.6) is 5.88 Å². The molecule has 0 bridgehead atoms. The van der Waals surface area contributed by atoms with Crippen molar-refractivity contribution in [2.24, 2.45) is 0 Å². The predicted molar refractivity (Wildman–Crippen MR) is 104 cm³/mol. The number of nitrogens with zero attached hydrogens (tertiary/aromatic N) is 2. The lowest BCUT2D eigenvalue weighted by Gasteiger charge is -2.19. The molecule has 0 aliphatic carbocycles. The number of hydrogen-bond acceptors (Lipinski definition) is 4. The van der Waals surface area contributed by atoms with E-state index in [0.29, 0.717) is 5.56 Å². The number of aryl methyl sites for hydroxylation is 2. The third-order valence-electron chi connectivity index (χ3n) is 4.49. The highest BCUT2D eigenvalue weighted by Gasteiger charge is 2.23. The molecule has 0 fully saturated rings. The lowest BCUT2D eigenvalue weighted by molar-refractivity contribution is -0.137. The number of carboxylic acid groups (broad SMARTS) is 1. The molecule has 2 aromatic carbocycles. The van der Waals surface area contributed by atoms with Crippen molar-refractivity contribution in [3.63, 3.8) is 0 Å². The van der Waals surface area contributed by atoms with Crippen molar-refractivity contribution in [2.45, 2.75) is 26.3 Å². The van der Waals surface area contributed by atoms with Gasteiger partial charge in [0.05, 0.1) is 12.5 Å². The molecule has 1 atom stereocenters. The third kappa shape index (κ3) is 4.43. The second-order valence-corrected chi connectivity index (χ2v) is 6.73. The monoisotopic (exact) mass is 397 g/mol. The van der Waals surface area contributed by atoms with Crippen LogP contribution in [0, 0.1) is 19.7 Å². The van der Waals surface area contributed by atoms with Gasteiger partial charge in [-0.3, -0.25) is 9.59 Å². The average Bonchev–Trinajstić information content (AvgIpc) is 3.03. The van der Waals surface area contributed by atoms with Crippen molar-refractivity contribution in [1.29, 1.82) is 0 Å². The molecular weight excluding hydrogens is 377 g/mol. The van der Waals surface area contributed by atoms with Crippen LogP contribution in [0.25, 0.3) is 5.69 Å². The molecule has 0 saturated carbocycles. The van der Waals surface area contributed by atoms with Crippen LogP contribution in [0.4, 0.5) is 4.39 Å². The molecule has 0 saturated heterocycles. The number of benzene rings is 2. The Bertz CT molecular complexity index is 1080. The number of carbonyl (C=O) groups is 2. The number of amides is 1. The van der Waals surface area contributed by atoms with E-state index in [1.165, 1.54) is 18.2 Å². The van der Waals surface area contributed by atoms with Crippen molar-refractivity contribution in [1.82, 2.24) is 15.1 Å². The number of aromatic nitrogens is 2. The van der Waals surface area contributed by atoms with E-state index in [2.05, 4.69) is 10.4 Å². The second-order valence-electron chi connectivity index (χ2n) is 6.73. The highest BCUT2D eigenvalue weighted by Crippen LogP contribution is 2.24. The number of nitrogens with one attached hydrogen (secondary N) is 1. The first-order chi connectivity index (χ1) is 13.8. The van der Waals surface area contributed by atoms with E-state index in [1.54, 1.807) is 12.1 Å². The number of hydrogen-bond donors (Lipinski definition) is 3. The zero-order chi connectivity index (χ0) is 21.1. The van der Waals surface area contributed by atoms with Crippen LogP contribution in [0.2, 0.25) is 0 Å². The van der Waals surface area contributed by atoms with E-state index in [4.69, 9.17) is 0 Å². The summed E-state index contributed by atoms with van der Waals surface area (Å²) < 4.78 is 14.9. The molecule has 3 rings (SSSR count). The summed E-state index contributed by atoms with van der Waals surface area (Å²) in [5.41, 5.74) is 2.35. The van der Waals surface area contributed by atoms with Crippen LogP contribution in [0.15, 0.2) is 48.5 Å². The smallest absolute Gasteiger partial charge is 0.305 e. The van der Waals surface area contributed by atoms with Crippen molar-refractivity contribution >= 4 is 11.9 Å². The van der Waals surface area contributed by atoms with E-state index in [1.807, 2.05) is 26.0 Å². The molecule has 3 aromatic rings. The van der Waals surface area contributed by atoms with E-state index in [0.717, 1.165) is 21.9 Å². The van der Waals surface area contributed by atoms with Crippen LogP contribution >= 0.6 is 0 Å². The fourth-order valence-electron chi connectivity index (χ4n) is 3.15. The van der Waals surface area contributed by atoms with Gasteiger partial charge in [-0.25, -0.2) is 4.39 Å². The summed E-state index contributed by atoms with van der Waals surface area (Å²) in [6.45, 7) is 3.75. The Morgan fingerprint density at radius 1 is 1.17 bits per heavy atom. The molecule has 3 N–H and O–H groups in total. The summed E-state index contributed by atoms with van der Waals surface area (Å²) in [6, 6.07) is 11.5. The first kappa shape index (κ1) is 20.1. The molecule has 0 aliphatic rings. The molecular formula is C21H20FN3O4. The van der Waals surface area contributed by atoms with E-state index in [9.17, 15) is 24.2 Å². The van der Waals surface area contributed by atoms with E-state index in [-0.39, 0.29) is 17.8 Å². The van der Waals surface area contributed by atoms with E-state index < -0.39 is 29.6 Å². The standard InChI is InChI=1S/C21H20FN3O4/c1-12-7-8-14(13(2)9-12)16(11-20(27)28)23-21(29)17-10-19(26)25(24-17)18-6-4-3-5-15(18)22/h3-10,16,26H,11H2,1-2H3,(H,23,29)(H,27,28). The summed E-state index contributed by atoms with van der Waals surface area (Å²) in [5.74, 6) is -2.78. The summed E-state index contributed by atoms with van der Waals surface area (Å²) in [7, 11) is 0. The van der Waals surface area contributed by atoms with Crippen LogP contribution in [-0.2, 0) is 4.79 Å². The maximum Gasteiger partial charge on any atom is 0.305 e. The topological polar surface area (TPSA) is 104 Å². The van der Waals surface area contributed by atoms with Crippen molar-refractivity contribution in [2.75, 3.05) is 0 Å². The Labute approximate surface area is 166 Å². The summed E-state index contributed by atoms with van der Waals surface area (Å²) in [4.78, 5) is 24.0. The average molecular weight is 397 g/mol. The van der Waals surface area contributed by atoms with E-state index >= 15 is 0 Å². The first-order valence-corrected chi connectivity index (χ1v) is 8.90. The van der Waals surface area contributed by atoms with Gasteiger partial charge in [0.1, 0.15) is 11.5 Å². The van der Waals surface area contributed by atoms with Gasteiger partial charge >= 0.3 is 5.97 Å². The van der Waals surface area contributed by atoms with Crippen LogP contribution < -0.4 is 5.32 Å². The molecule has 29 heavy (non-hydrogen) atoms. The van der Waals surface area contributed by atoms with Crippen LogP contribution in [0.3, 0.4) is 0 Å². The zero-order valence-corrected chi connectivity index (χ0v) is 15.9. The van der Waals surface area contributed by atoms with Crippen molar-refractivity contribution in [3.8, 4) is 11.6 Å². The SMILES string of the molecule is Cc1ccc(C(CC(=O)O)NC(=O)c2cc(O)n(-c3ccccc3F)n2)c(C)c1. The van der Waals surface area contributed by atoms with Gasteiger partial charge in [0, 0.05) is 6.07 Å². The fourth-order valence-corrected chi connectivity index (χ4v) is 3.15. The molecule has 8 heteroatoms. The van der Waals surface area contributed by atoms with Crippen LogP contribution in [-0.4, -0.2) is 31.9 Å². The van der Waals surface area contributed by atoms with Gasteiger partial charge in [0.2, 0.25) is 5.88 Å². The van der Waals surface area contributed by atoms with Gasteiger partial charge < -0.3 is 15.5 Å². The molecule has 0 spiro atoms. The largest absolute Gasteiger partial charge is 0.493 e. The second kappa shape index (κ2) is 8.14. The summed E-state index contributed by atoms with van der Waals surface area (Å²) >= 11 is 0. The van der Waals surface area contributed by atoms with Gasteiger partial charge in [0.15, 0.2) is 5.69 Å². The Morgan fingerprint density at radius 3 is 2.55 bits per heavy atom. The number of carbonyl (C=O) groups excluding carboxylic acids is 1. The lowest BCUT2D eigenvalue weighted by atomic mass is 9.97. The molecule has 0 aliphatic heterocycles. The number of aromatic hydroxyl groups is 1. The highest BCUT2D eigenvalue weighted by molar-refractivity contribution is 5.93. The molecule has 1 unspecified atom stereocenters. The quantitative estimate of drug-likeness (QED) is 0.592. The number of carboxylic acids is 1. The lowest BCUT2D eigenvalue weighted by Crippen LogP contribution is -2.31. The van der Waals surface area contributed by atoms with Crippen LogP contribution in [0.1, 0.15) is 39.6 Å². The van der Waals surface area contributed by atoms with Gasteiger partial charge in [-0.2, -0.15) is 9.78 Å². The number of aliphatic carboxylic acids is 1. The maximum atomic E-state index is 14.0. The normalized spacial score (nSPS) is 11.8. The summed E-state index contributed by atoms with van der Waals surface area (Å²) in [6.07, 6.45) is -0.324. The van der Waals surface area contributed by atoms with Crippen molar-refractivity contribution < 1.29 is 24.2 Å². The fraction of sp³-hybridized carbons (Fsp3) is 0.190. The Hall–Kier alpha value is -3.68. The van der Waals surface area contributed by atoms with Crippen molar-refractivity contribution in [3.05, 3.63) is 76.7 Å². The molecule has 7 nitrogen and oxygen atoms in total. The minimum Gasteiger partial charge on any atom is -0.493 e. The summed E-state index contributed by atoms with van der Waals surface area (Å²) in [5, 5.41) is 26.0. The number of halogens is 1. The minimum absolute atomic E-state index is 0.0134. The van der Waals surface area contributed by atoms with Gasteiger partial charge in [0.25, 0.3) is 5.91 Å². The third-order valence-corrected chi connectivity index (χ3v) is 4.49. The molecule has 1 heterocycles. The predicted octanol–water partition coefficient (Wildman–Crippen LogP) is 3.28. The number of para-hydroxylation sites is 1. The van der Waals surface area contributed by atoms with Gasteiger partial charge in [-0.1, -0.05) is 35.9 Å². The highest BCUT2D eigenvalue weighted by atomic mass is 19.1. The zero-order valence-electron chi connectivity index (χ0n) is 15.9. The Balaban J connectivity index is 1.90. The Kier molecular flexibility index (Phi) is 5.63. The first-order valence-electron chi connectivity index (χ1n) is 8.90. The minimum atomic E-state index is -1.07. The molecule has 1 amide bonds. The number of rotatable bonds is 6. The molecule has 0 radical (unpaired) electrons. The van der Waals surface area contributed by atoms with Gasteiger partial charge in [-0.15, -0.1) is 0 Å². The Morgan fingerprint density at radius 2 is 1.90 bits per heavy atom. The van der Waals surface area contributed by atoms with Gasteiger partial charge in [-0.05, 0) is 37.1 Å². The molecule has 1 aromatic heterocycles. The maximum absolute atomic E-state index is 14.0.